The lowest BCUT2D eigenvalue weighted by Crippen LogP contribution is -2.48. The summed E-state index contributed by atoms with van der Waals surface area (Å²) in [5.74, 6) is 0.515. The van der Waals surface area contributed by atoms with Crippen molar-refractivity contribution in [3.05, 3.63) is 42.4 Å². The molecule has 1 saturated heterocycles. The first kappa shape index (κ1) is 18.2. The minimum atomic E-state index is -0.832. The highest BCUT2D eigenvalue weighted by Crippen LogP contribution is 2.30. The van der Waals surface area contributed by atoms with Crippen molar-refractivity contribution < 1.29 is 19.1 Å². The molecule has 1 atom stereocenters. The van der Waals surface area contributed by atoms with Crippen molar-refractivity contribution in [2.45, 2.75) is 39.0 Å². The fourth-order valence-electron chi connectivity index (χ4n) is 3.34. The predicted molar refractivity (Wildman–Crippen MR) is 96.4 cm³/mol. The summed E-state index contributed by atoms with van der Waals surface area (Å²) in [6, 6.07) is 9.76. The topological polar surface area (TPSA) is 83.6 Å². The van der Waals surface area contributed by atoms with E-state index in [4.69, 9.17) is 4.42 Å². The number of aryl methyl sites for hydroxylation is 1. The highest BCUT2D eigenvalue weighted by Gasteiger charge is 2.39. The van der Waals surface area contributed by atoms with E-state index >= 15 is 0 Å². The molecule has 1 fully saturated rings. The van der Waals surface area contributed by atoms with Crippen molar-refractivity contribution in [2.75, 3.05) is 13.1 Å². The zero-order valence-corrected chi connectivity index (χ0v) is 15.0. The molecule has 138 valence electrons. The van der Waals surface area contributed by atoms with Crippen LogP contribution in [0.3, 0.4) is 0 Å². The Morgan fingerprint density at radius 1 is 1.31 bits per heavy atom. The van der Waals surface area contributed by atoms with Crippen LogP contribution in [-0.4, -0.2) is 40.0 Å². The minimum absolute atomic E-state index is 0.00649. The number of carbonyl (C=O) groups is 2. The van der Waals surface area contributed by atoms with Crippen LogP contribution >= 0.6 is 0 Å². The van der Waals surface area contributed by atoms with Gasteiger partial charge in [0.2, 0.25) is 5.91 Å². The Morgan fingerprint density at radius 2 is 2.08 bits per heavy atom. The lowest BCUT2D eigenvalue weighted by Gasteiger charge is -2.37. The number of aromatic nitrogens is 1. The fourth-order valence-corrected chi connectivity index (χ4v) is 3.34. The summed E-state index contributed by atoms with van der Waals surface area (Å²) in [6.07, 6.45) is 4.64. The van der Waals surface area contributed by atoms with Gasteiger partial charge in [0.15, 0.2) is 11.7 Å². The molecular formula is C20H24N2O4. The van der Waals surface area contributed by atoms with Gasteiger partial charge in [-0.15, -0.1) is 0 Å². The number of carbonyl (C=O) groups excluding carboxylic acids is 1. The van der Waals surface area contributed by atoms with Gasteiger partial charge in [0.1, 0.15) is 0 Å². The zero-order valence-electron chi connectivity index (χ0n) is 15.0. The van der Waals surface area contributed by atoms with Crippen LogP contribution < -0.4 is 0 Å². The van der Waals surface area contributed by atoms with Crippen LogP contribution in [0.15, 0.2) is 40.9 Å². The number of carboxylic acids is 1. The number of rotatable bonds is 6. The Balaban J connectivity index is 1.50. The molecule has 0 aliphatic carbocycles. The van der Waals surface area contributed by atoms with E-state index in [9.17, 15) is 14.7 Å². The number of piperidine rings is 1. The van der Waals surface area contributed by atoms with Crippen LogP contribution in [0.2, 0.25) is 0 Å². The minimum Gasteiger partial charge on any atom is -0.481 e. The number of oxazole rings is 1. The van der Waals surface area contributed by atoms with E-state index in [-0.39, 0.29) is 5.91 Å². The standard InChI is InChI=1S/C20H24N2O4/c1-20(19(24)25)11-6-12-22(14-20)18(23)10-5-9-17-21-13-16(26-17)15-7-3-2-4-8-15/h2-4,7-8,13H,5-6,9-12,14H2,1H3,(H,24,25). The fraction of sp³-hybridized carbons (Fsp3) is 0.450. The number of hydrogen-bond donors (Lipinski definition) is 1. The van der Waals surface area contributed by atoms with Crippen LogP contribution in [0.25, 0.3) is 11.3 Å². The molecule has 1 amide bonds. The molecule has 2 heterocycles. The maximum Gasteiger partial charge on any atom is 0.311 e. The van der Waals surface area contributed by atoms with E-state index in [0.717, 1.165) is 17.7 Å². The summed E-state index contributed by atoms with van der Waals surface area (Å²) in [7, 11) is 0. The van der Waals surface area contributed by atoms with Gasteiger partial charge in [-0.05, 0) is 26.2 Å². The Bertz CT molecular complexity index is 771. The SMILES string of the molecule is CC1(C(=O)O)CCCN(C(=O)CCCc2ncc(-c3ccccc3)o2)C1. The summed E-state index contributed by atoms with van der Waals surface area (Å²) >= 11 is 0. The lowest BCUT2D eigenvalue weighted by atomic mass is 9.82. The largest absolute Gasteiger partial charge is 0.481 e. The number of nitrogens with zero attached hydrogens (tertiary/aromatic N) is 2. The molecule has 1 aromatic heterocycles. The van der Waals surface area contributed by atoms with E-state index < -0.39 is 11.4 Å². The smallest absolute Gasteiger partial charge is 0.311 e. The quantitative estimate of drug-likeness (QED) is 0.858. The third kappa shape index (κ3) is 4.12. The highest BCUT2D eigenvalue weighted by atomic mass is 16.4. The van der Waals surface area contributed by atoms with E-state index in [0.29, 0.717) is 44.7 Å². The molecule has 3 rings (SSSR count). The maximum atomic E-state index is 12.4. The second-order valence-electron chi connectivity index (χ2n) is 7.12. The van der Waals surface area contributed by atoms with Gasteiger partial charge < -0.3 is 14.4 Å². The zero-order chi connectivity index (χ0) is 18.6. The van der Waals surface area contributed by atoms with E-state index in [1.54, 1.807) is 18.0 Å². The molecule has 0 bridgehead atoms. The number of amides is 1. The number of carboxylic acid groups (broad SMARTS) is 1. The molecule has 0 saturated carbocycles. The lowest BCUT2D eigenvalue weighted by molar-refractivity contribution is -0.153. The summed E-state index contributed by atoms with van der Waals surface area (Å²) < 4.78 is 5.75. The third-order valence-electron chi connectivity index (χ3n) is 4.96. The molecule has 6 nitrogen and oxygen atoms in total. The normalized spacial score (nSPS) is 20.1. The van der Waals surface area contributed by atoms with E-state index in [2.05, 4.69) is 4.98 Å². The molecule has 0 spiro atoms. The molecule has 0 radical (unpaired) electrons. The van der Waals surface area contributed by atoms with Crippen LogP contribution in [-0.2, 0) is 16.0 Å². The van der Waals surface area contributed by atoms with Gasteiger partial charge in [-0.25, -0.2) is 4.98 Å². The maximum absolute atomic E-state index is 12.4. The second-order valence-corrected chi connectivity index (χ2v) is 7.12. The van der Waals surface area contributed by atoms with E-state index in [1.165, 1.54) is 0 Å². The number of hydrogen-bond acceptors (Lipinski definition) is 4. The summed E-state index contributed by atoms with van der Waals surface area (Å²) in [5, 5.41) is 9.36. The average molecular weight is 356 g/mol. The Morgan fingerprint density at radius 3 is 2.81 bits per heavy atom. The van der Waals surface area contributed by atoms with Crippen molar-refractivity contribution in [2.24, 2.45) is 5.41 Å². The predicted octanol–water partition coefficient (Wildman–Crippen LogP) is 3.38. The molecule has 1 unspecified atom stereocenters. The average Bonchev–Trinajstić information content (AvgIpc) is 3.11. The molecule has 1 aromatic carbocycles. The van der Waals surface area contributed by atoms with Crippen molar-refractivity contribution in [3.63, 3.8) is 0 Å². The van der Waals surface area contributed by atoms with Crippen molar-refractivity contribution in [1.29, 1.82) is 0 Å². The van der Waals surface area contributed by atoms with Gasteiger partial charge in [-0.1, -0.05) is 30.3 Å². The van der Waals surface area contributed by atoms with Gasteiger partial charge in [-0.2, -0.15) is 0 Å². The summed E-state index contributed by atoms with van der Waals surface area (Å²) in [4.78, 5) is 29.8. The number of benzene rings is 1. The highest BCUT2D eigenvalue weighted by molar-refractivity contribution is 5.79. The summed E-state index contributed by atoms with van der Waals surface area (Å²) in [5.41, 5.74) is 0.143. The Hall–Kier alpha value is -2.63. The van der Waals surface area contributed by atoms with Crippen LogP contribution in [0.4, 0.5) is 0 Å². The Labute approximate surface area is 152 Å². The second kappa shape index (κ2) is 7.72. The van der Waals surface area contributed by atoms with Crippen molar-refractivity contribution >= 4 is 11.9 Å². The first-order valence-electron chi connectivity index (χ1n) is 8.99. The van der Waals surface area contributed by atoms with Crippen LogP contribution in [0.1, 0.15) is 38.5 Å². The van der Waals surface area contributed by atoms with Crippen molar-refractivity contribution in [1.82, 2.24) is 9.88 Å². The monoisotopic (exact) mass is 356 g/mol. The molecule has 2 aromatic rings. The molecule has 1 aliphatic rings. The number of likely N-dealkylation sites (tertiary alicyclic amines) is 1. The van der Waals surface area contributed by atoms with Crippen LogP contribution in [0, 0.1) is 5.41 Å². The van der Waals surface area contributed by atoms with Gasteiger partial charge in [-0.3, -0.25) is 9.59 Å². The van der Waals surface area contributed by atoms with Gasteiger partial charge in [0.25, 0.3) is 0 Å². The van der Waals surface area contributed by atoms with Gasteiger partial charge >= 0.3 is 5.97 Å². The molecule has 26 heavy (non-hydrogen) atoms. The first-order chi connectivity index (χ1) is 12.5. The van der Waals surface area contributed by atoms with Crippen molar-refractivity contribution in [3.8, 4) is 11.3 Å². The molecular weight excluding hydrogens is 332 g/mol. The molecule has 1 N–H and O–H groups in total. The summed E-state index contributed by atoms with van der Waals surface area (Å²) in [6.45, 7) is 2.64. The third-order valence-corrected chi connectivity index (χ3v) is 4.96. The van der Waals surface area contributed by atoms with E-state index in [1.807, 2.05) is 30.3 Å². The van der Waals surface area contributed by atoms with Gasteiger partial charge in [0.05, 0.1) is 11.6 Å². The Kier molecular flexibility index (Phi) is 5.40. The first-order valence-corrected chi connectivity index (χ1v) is 8.99. The number of aliphatic carboxylic acids is 1. The van der Waals surface area contributed by atoms with Gasteiger partial charge in [0, 0.05) is 31.5 Å². The molecule has 1 aliphatic heterocycles. The molecule has 6 heteroatoms. The van der Waals surface area contributed by atoms with Crippen LogP contribution in [0.5, 0.6) is 0 Å².